The maximum atomic E-state index is 13.5. The van der Waals surface area contributed by atoms with Gasteiger partial charge in [-0.15, -0.1) is 0 Å². The molecule has 1 atom stereocenters. The molecule has 0 amide bonds. The molecule has 2 nitrogen and oxygen atoms in total. The van der Waals surface area contributed by atoms with Gasteiger partial charge in [0.15, 0.2) is 11.6 Å². The first-order valence-corrected chi connectivity index (χ1v) is 6.79. The molecule has 1 N–H and O–H groups in total. The zero-order valence-corrected chi connectivity index (χ0v) is 12.1. The Kier molecular flexibility index (Phi) is 4.74. The highest BCUT2D eigenvalue weighted by Gasteiger charge is 2.15. The van der Waals surface area contributed by atoms with Gasteiger partial charge < -0.3 is 10.1 Å². The van der Waals surface area contributed by atoms with Gasteiger partial charge in [0.25, 0.3) is 0 Å². The molecule has 0 spiro atoms. The fourth-order valence-electron chi connectivity index (χ4n) is 2.34. The number of nitrogens with one attached hydrogen (secondary N) is 1. The molecule has 0 bridgehead atoms. The first-order chi connectivity index (χ1) is 9.65. The van der Waals surface area contributed by atoms with Crippen molar-refractivity contribution in [2.45, 2.75) is 19.9 Å². The number of aryl methyl sites for hydroxylation is 1. The summed E-state index contributed by atoms with van der Waals surface area (Å²) in [4.78, 5) is 0. The van der Waals surface area contributed by atoms with Gasteiger partial charge in [0.05, 0.1) is 13.2 Å². The molecule has 0 fully saturated rings. The highest BCUT2D eigenvalue weighted by atomic mass is 19.1. The van der Waals surface area contributed by atoms with Gasteiger partial charge in [-0.25, -0.2) is 4.39 Å². The van der Waals surface area contributed by atoms with Crippen LogP contribution in [0.15, 0.2) is 42.5 Å². The third-order valence-electron chi connectivity index (χ3n) is 3.29. The average molecular weight is 273 g/mol. The van der Waals surface area contributed by atoms with E-state index in [9.17, 15) is 4.39 Å². The third kappa shape index (κ3) is 3.17. The number of methoxy groups -OCH3 is 1. The zero-order valence-electron chi connectivity index (χ0n) is 12.1. The van der Waals surface area contributed by atoms with Crippen molar-refractivity contribution in [2.24, 2.45) is 0 Å². The second-order valence-electron chi connectivity index (χ2n) is 4.80. The van der Waals surface area contributed by atoms with E-state index in [1.165, 1.54) is 24.3 Å². The maximum Gasteiger partial charge on any atom is 0.165 e. The summed E-state index contributed by atoms with van der Waals surface area (Å²) in [7, 11) is 1.48. The largest absolute Gasteiger partial charge is 0.494 e. The molecule has 106 valence electrons. The Bertz CT molecular complexity index is 583. The maximum absolute atomic E-state index is 13.5. The fraction of sp³-hybridized carbons (Fsp3) is 0.294. The van der Waals surface area contributed by atoms with E-state index in [1.807, 2.05) is 6.07 Å². The molecule has 0 aliphatic heterocycles. The Morgan fingerprint density at radius 3 is 2.55 bits per heavy atom. The summed E-state index contributed by atoms with van der Waals surface area (Å²) < 4.78 is 18.6. The van der Waals surface area contributed by atoms with Crippen molar-refractivity contribution >= 4 is 0 Å². The molecule has 0 aliphatic carbocycles. The van der Waals surface area contributed by atoms with Crippen LogP contribution in [-0.4, -0.2) is 13.7 Å². The van der Waals surface area contributed by atoms with Crippen LogP contribution in [0.1, 0.15) is 29.7 Å². The lowest BCUT2D eigenvalue weighted by Gasteiger charge is -2.20. The number of benzene rings is 2. The van der Waals surface area contributed by atoms with Crippen LogP contribution < -0.4 is 10.1 Å². The molecule has 2 rings (SSSR count). The molecule has 0 saturated heterocycles. The predicted octanol–water partition coefficient (Wildman–Crippen LogP) is 3.84. The monoisotopic (exact) mass is 273 g/mol. The molecule has 0 aliphatic rings. The van der Waals surface area contributed by atoms with Crippen LogP contribution in [0.4, 0.5) is 4.39 Å². The van der Waals surface area contributed by atoms with Crippen LogP contribution in [-0.2, 0) is 0 Å². The molecule has 20 heavy (non-hydrogen) atoms. The standard InChI is InChI=1S/C17H20FNO/c1-4-19-17(13-7-5-6-12(2)10-13)14-8-9-15(18)16(11-14)20-3/h5-11,17,19H,4H2,1-3H3. The van der Waals surface area contributed by atoms with Gasteiger partial charge >= 0.3 is 0 Å². The minimum absolute atomic E-state index is 0.0365. The highest BCUT2D eigenvalue weighted by molar-refractivity contribution is 5.38. The molecular weight excluding hydrogens is 253 g/mol. The quantitative estimate of drug-likeness (QED) is 0.893. The van der Waals surface area contributed by atoms with Gasteiger partial charge in [-0.3, -0.25) is 0 Å². The van der Waals surface area contributed by atoms with Crippen molar-refractivity contribution in [2.75, 3.05) is 13.7 Å². The van der Waals surface area contributed by atoms with Crippen LogP contribution in [0.3, 0.4) is 0 Å². The van der Waals surface area contributed by atoms with Crippen molar-refractivity contribution in [3.63, 3.8) is 0 Å². The average Bonchev–Trinajstić information content (AvgIpc) is 2.45. The summed E-state index contributed by atoms with van der Waals surface area (Å²) in [6.07, 6.45) is 0. The summed E-state index contributed by atoms with van der Waals surface area (Å²) in [5.41, 5.74) is 3.37. The van der Waals surface area contributed by atoms with Crippen molar-refractivity contribution < 1.29 is 9.13 Å². The normalized spacial score (nSPS) is 12.2. The number of hydrogen-bond acceptors (Lipinski definition) is 2. The lowest BCUT2D eigenvalue weighted by Crippen LogP contribution is -2.22. The predicted molar refractivity (Wildman–Crippen MR) is 79.7 cm³/mol. The number of ether oxygens (including phenoxy) is 1. The molecule has 0 heterocycles. The van der Waals surface area contributed by atoms with Crippen LogP contribution in [0, 0.1) is 12.7 Å². The Hall–Kier alpha value is -1.87. The molecule has 2 aromatic rings. The van der Waals surface area contributed by atoms with Crippen LogP contribution >= 0.6 is 0 Å². The topological polar surface area (TPSA) is 21.3 Å². The molecular formula is C17H20FNO. The SMILES string of the molecule is CCNC(c1cccc(C)c1)c1ccc(F)c(OC)c1. The molecule has 1 unspecified atom stereocenters. The third-order valence-corrected chi connectivity index (χ3v) is 3.29. The Balaban J connectivity index is 2.42. The number of hydrogen-bond donors (Lipinski definition) is 1. The van der Waals surface area contributed by atoms with E-state index >= 15 is 0 Å². The van der Waals surface area contributed by atoms with Crippen molar-refractivity contribution in [1.82, 2.24) is 5.32 Å². The first-order valence-electron chi connectivity index (χ1n) is 6.79. The summed E-state index contributed by atoms with van der Waals surface area (Å²) in [5.74, 6) is -0.0613. The van der Waals surface area contributed by atoms with Crippen LogP contribution in [0.2, 0.25) is 0 Å². The Morgan fingerprint density at radius 2 is 1.90 bits per heavy atom. The van der Waals surface area contributed by atoms with Crippen molar-refractivity contribution in [3.05, 3.63) is 65.0 Å². The highest BCUT2D eigenvalue weighted by Crippen LogP contribution is 2.27. The van der Waals surface area contributed by atoms with E-state index in [0.717, 1.165) is 12.1 Å². The second-order valence-corrected chi connectivity index (χ2v) is 4.80. The lowest BCUT2D eigenvalue weighted by atomic mass is 9.97. The molecule has 0 saturated carbocycles. The van der Waals surface area contributed by atoms with E-state index in [1.54, 1.807) is 12.1 Å². The first kappa shape index (κ1) is 14.5. The van der Waals surface area contributed by atoms with Gasteiger partial charge in [-0.2, -0.15) is 0 Å². The minimum atomic E-state index is -0.337. The Morgan fingerprint density at radius 1 is 1.15 bits per heavy atom. The number of rotatable bonds is 5. The second kappa shape index (κ2) is 6.53. The van der Waals surface area contributed by atoms with Crippen molar-refractivity contribution in [1.29, 1.82) is 0 Å². The molecule has 0 aromatic heterocycles. The van der Waals surface area contributed by atoms with Crippen LogP contribution in [0.25, 0.3) is 0 Å². The smallest absolute Gasteiger partial charge is 0.165 e. The summed E-state index contributed by atoms with van der Waals surface area (Å²) in [5, 5.41) is 3.44. The van der Waals surface area contributed by atoms with E-state index in [2.05, 4.69) is 37.4 Å². The summed E-state index contributed by atoms with van der Waals surface area (Å²) in [6, 6.07) is 13.4. The van der Waals surface area contributed by atoms with Gasteiger partial charge in [-0.1, -0.05) is 42.8 Å². The number of halogens is 1. The molecule has 0 radical (unpaired) electrons. The van der Waals surface area contributed by atoms with Gasteiger partial charge in [0, 0.05) is 0 Å². The van der Waals surface area contributed by atoms with Crippen molar-refractivity contribution in [3.8, 4) is 5.75 Å². The van der Waals surface area contributed by atoms with E-state index in [4.69, 9.17) is 4.74 Å². The molecule has 2 aromatic carbocycles. The lowest BCUT2D eigenvalue weighted by molar-refractivity contribution is 0.385. The zero-order chi connectivity index (χ0) is 14.5. The van der Waals surface area contributed by atoms with Crippen LogP contribution in [0.5, 0.6) is 5.75 Å². The van der Waals surface area contributed by atoms with E-state index in [-0.39, 0.29) is 17.6 Å². The van der Waals surface area contributed by atoms with Gasteiger partial charge in [0.2, 0.25) is 0 Å². The van der Waals surface area contributed by atoms with Gasteiger partial charge in [-0.05, 0) is 36.7 Å². The minimum Gasteiger partial charge on any atom is -0.494 e. The van der Waals surface area contributed by atoms with E-state index in [0.29, 0.717) is 0 Å². The summed E-state index contributed by atoms with van der Waals surface area (Å²) in [6.45, 7) is 4.96. The van der Waals surface area contributed by atoms with Gasteiger partial charge in [0.1, 0.15) is 0 Å². The molecule has 3 heteroatoms. The summed E-state index contributed by atoms with van der Waals surface area (Å²) >= 11 is 0. The van der Waals surface area contributed by atoms with E-state index < -0.39 is 0 Å². The Labute approximate surface area is 119 Å². The fourth-order valence-corrected chi connectivity index (χ4v) is 2.34.